The molecule has 1 N–H and O–H groups in total. The minimum Gasteiger partial charge on any atom is -0.347 e. The van der Waals surface area contributed by atoms with E-state index in [0.29, 0.717) is 6.54 Å². The number of likely N-dealkylation sites (N-methyl/N-ethyl adjacent to an activating group) is 1. The second-order valence-electron chi connectivity index (χ2n) is 4.28. The largest absolute Gasteiger partial charge is 0.347 e. The number of nitrogens with zero attached hydrogens (tertiary/aromatic N) is 4. The number of hydrogen-bond acceptors (Lipinski definition) is 4. The summed E-state index contributed by atoms with van der Waals surface area (Å²) in [7, 11) is 3.47. The molecule has 1 aromatic heterocycles. The Hall–Kier alpha value is -1.43. The van der Waals surface area contributed by atoms with Crippen LogP contribution in [0.2, 0.25) is 0 Å². The Bertz CT molecular complexity index is 360. The average Bonchev–Trinajstić information content (AvgIpc) is 2.76. The summed E-state index contributed by atoms with van der Waals surface area (Å²) in [5.74, 6) is 0.0166. The number of amides is 1. The molecule has 1 heterocycles. The van der Waals surface area contributed by atoms with Crippen LogP contribution in [0.1, 0.15) is 32.0 Å². The third-order valence-corrected chi connectivity index (χ3v) is 2.49. The van der Waals surface area contributed by atoms with Crippen LogP contribution in [0, 0.1) is 0 Å². The molecule has 0 fully saturated rings. The number of nitrogens with one attached hydrogen (secondary N) is 1. The van der Waals surface area contributed by atoms with Crippen molar-refractivity contribution >= 4 is 5.91 Å². The summed E-state index contributed by atoms with van der Waals surface area (Å²) >= 11 is 0. The van der Waals surface area contributed by atoms with E-state index in [1.54, 1.807) is 23.7 Å². The highest BCUT2D eigenvalue weighted by Crippen LogP contribution is 2.07. The van der Waals surface area contributed by atoms with E-state index in [9.17, 15) is 4.79 Å². The minimum atomic E-state index is -0.308. The minimum absolute atomic E-state index is 0.0166. The Morgan fingerprint density at radius 3 is 2.88 bits per heavy atom. The van der Waals surface area contributed by atoms with Gasteiger partial charge in [0, 0.05) is 20.6 Å². The summed E-state index contributed by atoms with van der Waals surface area (Å²) in [6, 6.07) is -0.308. The third-order valence-electron chi connectivity index (χ3n) is 2.49. The Labute approximate surface area is 102 Å². The van der Waals surface area contributed by atoms with E-state index in [0.717, 1.165) is 18.7 Å². The van der Waals surface area contributed by atoms with E-state index in [1.165, 1.54) is 0 Å². The van der Waals surface area contributed by atoms with Gasteiger partial charge in [0.05, 0.1) is 11.9 Å². The maximum Gasteiger partial charge on any atom is 0.246 e. The Morgan fingerprint density at radius 1 is 1.59 bits per heavy atom. The lowest BCUT2D eigenvalue weighted by Gasteiger charge is -2.16. The highest BCUT2D eigenvalue weighted by atomic mass is 16.2. The van der Waals surface area contributed by atoms with Gasteiger partial charge in [0.2, 0.25) is 5.91 Å². The van der Waals surface area contributed by atoms with E-state index in [-0.39, 0.29) is 11.9 Å². The Kier molecular flexibility index (Phi) is 5.09. The predicted molar refractivity (Wildman–Crippen MR) is 65.4 cm³/mol. The summed E-state index contributed by atoms with van der Waals surface area (Å²) in [5.41, 5.74) is 0.858. The van der Waals surface area contributed by atoms with E-state index < -0.39 is 0 Å². The molecule has 0 spiro atoms. The van der Waals surface area contributed by atoms with Crippen molar-refractivity contribution in [3.8, 4) is 0 Å². The molecule has 6 nitrogen and oxygen atoms in total. The normalized spacial score (nSPS) is 12.5. The van der Waals surface area contributed by atoms with Crippen molar-refractivity contribution in [1.82, 2.24) is 25.2 Å². The van der Waals surface area contributed by atoms with Crippen molar-refractivity contribution in [3.05, 3.63) is 11.9 Å². The van der Waals surface area contributed by atoms with Gasteiger partial charge >= 0.3 is 0 Å². The zero-order valence-electron chi connectivity index (χ0n) is 11.0. The molecule has 1 atom stereocenters. The molecule has 0 aliphatic carbocycles. The Morgan fingerprint density at radius 2 is 2.29 bits per heavy atom. The molecule has 6 heteroatoms. The number of carbonyl (C=O) groups excluding carboxylic acids is 1. The molecule has 0 radical (unpaired) electrons. The Balaban J connectivity index is 2.58. The highest BCUT2D eigenvalue weighted by Gasteiger charge is 2.18. The van der Waals surface area contributed by atoms with Crippen LogP contribution >= 0.6 is 0 Å². The van der Waals surface area contributed by atoms with Crippen LogP contribution in [0.4, 0.5) is 0 Å². The molecule has 1 unspecified atom stereocenters. The van der Waals surface area contributed by atoms with E-state index in [4.69, 9.17) is 0 Å². The molecular formula is C11H21N5O. The molecular weight excluding hydrogens is 218 g/mol. The van der Waals surface area contributed by atoms with Gasteiger partial charge in [-0.05, 0) is 19.9 Å². The van der Waals surface area contributed by atoms with Gasteiger partial charge in [-0.3, -0.25) is 4.79 Å². The predicted octanol–water partition coefficient (Wildman–Crippen LogP) is 0.427. The maximum atomic E-state index is 11.7. The molecule has 1 rings (SSSR count). The van der Waals surface area contributed by atoms with Crippen LogP contribution in [-0.4, -0.2) is 46.4 Å². The second kappa shape index (κ2) is 6.34. The molecule has 0 saturated carbocycles. The first-order chi connectivity index (χ1) is 8.06. The first-order valence-corrected chi connectivity index (χ1v) is 5.88. The molecule has 0 bridgehead atoms. The van der Waals surface area contributed by atoms with Crippen LogP contribution in [-0.2, 0) is 11.3 Å². The quantitative estimate of drug-likeness (QED) is 0.731. The monoisotopic (exact) mass is 239 g/mol. The summed E-state index contributed by atoms with van der Waals surface area (Å²) in [5, 5.41) is 11.3. The van der Waals surface area contributed by atoms with Gasteiger partial charge in [-0.15, -0.1) is 5.10 Å². The number of rotatable bonds is 6. The lowest BCUT2D eigenvalue weighted by molar-refractivity contribution is -0.132. The van der Waals surface area contributed by atoms with Crippen molar-refractivity contribution in [3.63, 3.8) is 0 Å². The fraction of sp³-hybridized carbons (Fsp3) is 0.727. The summed E-state index contributed by atoms with van der Waals surface area (Å²) < 4.78 is 1.60. The number of carbonyl (C=O) groups is 1. The van der Waals surface area contributed by atoms with Gasteiger partial charge in [-0.25, -0.2) is 4.68 Å². The van der Waals surface area contributed by atoms with Crippen molar-refractivity contribution < 1.29 is 4.79 Å². The standard InChI is InChI=1S/C11H21N5O/c1-5-6-12-7-10-8-16(14-13-10)9(2)11(17)15(3)4/h8-9,12H,5-7H2,1-4H3. The lowest BCUT2D eigenvalue weighted by Crippen LogP contribution is -2.30. The zero-order chi connectivity index (χ0) is 12.8. The van der Waals surface area contributed by atoms with E-state index in [1.807, 2.05) is 13.1 Å². The van der Waals surface area contributed by atoms with Crippen molar-refractivity contribution in [1.29, 1.82) is 0 Å². The van der Waals surface area contributed by atoms with Crippen LogP contribution in [0.25, 0.3) is 0 Å². The molecule has 0 aromatic carbocycles. The van der Waals surface area contributed by atoms with Gasteiger partial charge in [-0.2, -0.15) is 0 Å². The second-order valence-corrected chi connectivity index (χ2v) is 4.28. The smallest absolute Gasteiger partial charge is 0.246 e. The van der Waals surface area contributed by atoms with Crippen molar-refractivity contribution in [2.24, 2.45) is 0 Å². The molecule has 96 valence electrons. The SMILES string of the molecule is CCCNCc1cn(C(C)C(=O)N(C)C)nn1. The summed E-state index contributed by atoms with van der Waals surface area (Å²) in [6.45, 7) is 5.58. The van der Waals surface area contributed by atoms with Gasteiger partial charge in [0.1, 0.15) is 6.04 Å². The third kappa shape index (κ3) is 3.81. The topological polar surface area (TPSA) is 63.1 Å². The molecule has 0 aliphatic heterocycles. The van der Waals surface area contributed by atoms with E-state index >= 15 is 0 Å². The van der Waals surface area contributed by atoms with E-state index in [2.05, 4.69) is 22.6 Å². The van der Waals surface area contributed by atoms with Crippen molar-refractivity contribution in [2.75, 3.05) is 20.6 Å². The lowest BCUT2D eigenvalue weighted by atomic mass is 10.3. The number of hydrogen-bond donors (Lipinski definition) is 1. The highest BCUT2D eigenvalue weighted by molar-refractivity contribution is 5.79. The van der Waals surface area contributed by atoms with Crippen LogP contribution in [0.5, 0.6) is 0 Å². The molecule has 17 heavy (non-hydrogen) atoms. The van der Waals surface area contributed by atoms with Crippen LogP contribution in [0.15, 0.2) is 6.20 Å². The molecule has 1 amide bonds. The summed E-state index contributed by atoms with van der Waals surface area (Å²) in [6.07, 6.45) is 2.90. The molecule has 0 saturated heterocycles. The molecule has 1 aromatic rings. The summed E-state index contributed by atoms with van der Waals surface area (Å²) in [4.78, 5) is 13.3. The fourth-order valence-electron chi connectivity index (χ4n) is 1.46. The van der Waals surface area contributed by atoms with Gasteiger partial charge in [-0.1, -0.05) is 12.1 Å². The zero-order valence-corrected chi connectivity index (χ0v) is 11.0. The van der Waals surface area contributed by atoms with Crippen LogP contribution < -0.4 is 5.32 Å². The van der Waals surface area contributed by atoms with Gasteiger partial charge < -0.3 is 10.2 Å². The average molecular weight is 239 g/mol. The van der Waals surface area contributed by atoms with Crippen LogP contribution in [0.3, 0.4) is 0 Å². The first kappa shape index (κ1) is 13.6. The number of aromatic nitrogens is 3. The maximum absolute atomic E-state index is 11.7. The van der Waals surface area contributed by atoms with Gasteiger partial charge in [0.15, 0.2) is 0 Å². The van der Waals surface area contributed by atoms with Crippen molar-refractivity contribution in [2.45, 2.75) is 32.9 Å². The van der Waals surface area contributed by atoms with Gasteiger partial charge in [0.25, 0.3) is 0 Å². The molecule has 0 aliphatic rings. The first-order valence-electron chi connectivity index (χ1n) is 5.88. The fourth-order valence-corrected chi connectivity index (χ4v) is 1.46.